The minimum absolute atomic E-state index is 0.105. The van der Waals surface area contributed by atoms with Crippen molar-refractivity contribution in [3.05, 3.63) is 22.7 Å². The second kappa shape index (κ2) is 6.26. The predicted octanol–water partition coefficient (Wildman–Crippen LogP) is 2.94. The number of likely N-dealkylation sites (N-methyl/N-ethyl adjacent to an activating group) is 1. The van der Waals surface area contributed by atoms with Crippen LogP contribution in [0.4, 0.5) is 5.82 Å². The van der Waals surface area contributed by atoms with Crippen molar-refractivity contribution in [2.24, 2.45) is 0 Å². The van der Waals surface area contributed by atoms with Crippen molar-refractivity contribution < 1.29 is 14.4 Å². The third kappa shape index (κ3) is 3.10. The maximum Gasteiger partial charge on any atom is 0.317 e. The molecular formula is C15H18BrN3O3. The molecule has 0 saturated heterocycles. The summed E-state index contributed by atoms with van der Waals surface area (Å²) in [5, 5.41) is 17.3. The van der Waals surface area contributed by atoms with Crippen molar-refractivity contribution >= 4 is 38.7 Å². The molecule has 0 amide bonds. The lowest BCUT2D eigenvalue weighted by Crippen LogP contribution is -2.51. The van der Waals surface area contributed by atoms with Gasteiger partial charge in [-0.1, -0.05) is 28.0 Å². The molecular weight excluding hydrogens is 350 g/mol. The van der Waals surface area contributed by atoms with Crippen molar-refractivity contribution in [2.75, 3.05) is 18.4 Å². The lowest BCUT2D eigenvalue weighted by Gasteiger charge is -2.42. The summed E-state index contributed by atoms with van der Waals surface area (Å²) in [5.74, 6) is -0.0216. The van der Waals surface area contributed by atoms with Gasteiger partial charge in [0, 0.05) is 16.6 Å². The van der Waals surface area contributed by atoms with Gasteiger partial charge in [0.25, 0.3) is 0 Å². The Morgan fingerprint density at radius 3 is 3.00 bits per heavy atom. The summed E-state index contributed by atoms with van der Waals surface area (Å²) in [4.78, 5) is 12.8. The molecule has 0 unspecified atom stereocenters. The number of rotatable bonds is 6. The molecule has 1 fully saturated rings. The highest BCUT2D eigenvalue weighted by molar-refractivity contribution is 9.10. The summed E-state index contributed by atoms with van der Waals surface area (Å²) in [6.45, 7) is 2.85. The number of fused-ring (bicyclic) bond motifs is 1. The van der Waals surface area contributed by atoms with E-state index in [9.17, 15) is 4.79 Å². The van der Waals surface area contributed by atoms with Gasteiger partial charge >= 0.3 is 5.97 Å². The van der Waals surface area contributed by atoms with Crippen LogP contribution in [0, 0.1) is 0 Å². The van der Waals surface area contributed by atoms with E-state index in [1.807, 2.05) is 30.0 Å². The van der Waals surface area contributed by atoms with E-state index in [0.717, 1.165) is 40.6 Å². The predicted molar refractivity (Wildman–Crippen MR) is 87.0 cm³/mol. The van der Waals surface area contributed by atoms with Gasteiger partial charge < -0.3 is 14.9 Å². The van der Waals surface area contributed by atoms with E-state index in [0.29, 0.717) is 12.1 Å². The Kier molecular flexibility index (Phi) is 4.35. The van der Waals surface area contributed by atoms with Gasteiger partial charge in [0.2, 0.25) is 0 Å². The van der Waals surface area contributed by atoms with Crippen molar-refractivity contribution in [1.29, 1.82) is 0 Å². The SMILES string of the molecule is CCN(CC(=O)O)C1CC(Nc2noc3ccc(Br)cc23)C1. The van der Waals surface area contributed by atoms with Crippen molar-refractivity contribution in [3.63, 3.8) is 0 Å². The quantitative estimate of drug-likeness (QED) is 0.816. The zero-order valence-electron chi connectivity index (χ0n) is 12.3. The first kappa shape index (κ1) is 15.3. The number of carbonyl (C=O) groups is 1. The highest BCUT2D eigenvalue weighted by atomic mass is 79.9. The van der Waals surface area contributed by atoms with Gasteiger partial charge in [0.05, 0.1) is 11.9 Å². The molecule has 7 heteroatoms. The average Bonchev–Trinajstić information content (AvgIpc) is 2.82. The number of anilines is 1. The van der Waals surface area contributed by atoms with Gasteiger partial charge in [-0.15, -0.1) is 0 Å². The van der Waals surface area contributed by atoms with Gasteiger partial charge in [0.1, 0.15) is 0 Å². The Morgan fingerprint density at radius 1 is 1.55 bits per heavy atom. The van der Waals surface area contributed by atoms with Crippen molar-refractivity contribution in [1.82, 2.24) is 10.1 Å². The molecule has 1 aliphatic rings. The van der Waals surface area contributed by atoms with E-state index in [1.54, 1.807) is 0 Å². The monoisotopic (exact) mass is 367 g/mol. The fourth-order valence-electron chi connectivity index (χ4n) is 2.88. The molecule has 2 N–H and O–H groups in total. The summed E-state index contributed by atoms with van der Waals surface area (Å²) in [6, 6.07) is 6.41. The largest absolute Gasteiger partial charge is 0.480 e. The summed E-state index contributed by atoms with van der Waals surface area (Å²) < 4.78 is 6.28. The molecule has 0 radical (unpaired) electrons. The van der Waals surface area contributed by atoms with E-state index < -0.39 is 5.97 Å². The van der Waals surface area contributed by atoms with Crippen LogP contribution in [-0.2, 0) is 4.79 Å². The van der Waals surface area contributed by atoms with E-state index in [-0.39, 0.29) is 6.54 Å². The third-order valence-electron chi connectivity index (χ3n) is 4.15. The minimum Gasteiger partial charge on any atom is -0.480 e. The summed E-state index contributed by atoms with van der Waals surface area (Å²) in [5.41, 5.74) is 0.752. The third-order valence-corrected chi connectivity index (χ3v) is 4.64. The van der Waals surface area contributed by atoms with Crippen molar-refractivity contribution in [3.8, 4) is 0 Å². The second-order valence-corrected chi connectivity index (χ2v) is 6.51. The molecule has 0 spiro atoms. The van der Waals surface area contributed by atoms with Gasteiger partial charge in [-0.05, 0) is 37.6 Å². The summed E-state index contributed by atoms with van der Waals surface area (Å²) >= 11 is 3.45. The van der Waals surface area contributed by atoms with Gasteiger partial charge in [-0.25, -0.2) is 0 Å². The van der Waals surface area contributed by atoms with Crippen LogP contribution in [0.25, 0.3) is 11.0 Å². The number of benzene rings is 1. The van der Waals surface area contributed by atoms with Crippen LogP contribution in [0.2, 0.25) is 0 Å². The molecule has 1 aliphatic carbocycles. The normalized spacial score (nSPS) is 21.0. The number of carboxylic acid groups (broad SMARTS) is 1. The summed E-state index contributed by atoms with van der Waals surface area (Å²) in [7, 11) is 0. The number of nitrogens with one attached hydrogen (secondary N) is 1. The van der Waals surface area contributed by atoms with Gasteiger partial charge in [0.15, 0.2) is 11.4 Å². The molecule has 1 heterocycles. The molecule has 22 heavy (non-hydrogen) atoms. The van der Waals surface area contributed by atoms with E-state index in [2.05, 4.69) is 26.4 Å². The van der Waals surface area contributed by atoms with Crippen LogP contribution in [-0.4, -0.2) is 46.3 Å². The Balaban J connectivity index is 1.61. The molecule has 0 atom stereocenters. The number of aliphatic carboxylic acids is 1. The number of nitrogens with zero attached hydrogens (tertiary/aromatic N) is 2. The number of hydrogen-bond acceptors (Lipinski definition) is 5. The summed E-state index contributed by atoms with van der Waals surface area (Å²) in [6.07, 6.45) is 1.84. The highest BCUT2D eigenvalue weighted by Gasteiger charge is 2.34. The fraction of sp³-hybridized carbons (Fsp3) is 0.467. The fourth-order valence-corrected chi connectivity index (χ4v) is 3.25. The Bertz CT molecular complexity index is 682. The van der Waals surface area contributed by atoms with Crippen LogP contribution in [0.1, 0.15) is 19.8 Å². The number of carboxylic acids is 1. The molecule has 1 aromatic carbocycles. The maximum atomic E-state index is 10.8. The van der Waals surface area contributed by atoms with Crippen LogP contribution in [0.5, 0.6) is 0 Å². The molecule has 2 aromatic rings. The topological polar surface area (TPSA) is 78.6 Å². The molecule has 1 saturated carbocycles. The number of aromatic nitrogens is 1. The molecule has 6 nitrogen and oxygen atoms in total. The second-order valence-electron chi connectivity index (χ2n) is 5.59. The molecule has 0 bridgehead atoms. The minimum atomic E-state index is -0.773. The first-order valence-electron chi connectivity index (χ1n) is 7.34. The standard InChI is InChI=1S/C15H18BrN3O3/c1-2-19(8-14(20)21)11-6-10(7-11)17-15-12-5-9(16)3-4-13(12)22-18-15/h3-5,10-11H,2,6-8H2,1H3,(H,17,18)(H,20,21). The average molecular weight is 368 g/mol. The number of hydrogen-bond donors (Lipinski definition) is 2. The molecule has 3 rings (SSSR count). The first-order chi connectivity index (χ1) is 10.6. The highest BCUT2D eigenvalue weighted by Crippen LogP contribution is 2.32. The first-order valence-corrected chi connectivity index (χ1v) is 8.13. The lowest BCUT2D eigenvalue weighted by atomic mass is 9.85. The lowest BCUT2D eigenvalue weighted by molar-refractivity contribution is -0.139. The van der Waals surface area contributed by atoms with E-state index in [1.165, 1.54) is 0 Å². The molecule has 1 aromatic heterocycles. The Labute approximate surface area is 136 Å². The maximum absolute atomic E-state index is 10.8. The van der Waals surface area contributed by atoms with Crippen molar-refractivity contribution in [2.45, 2.75) is 31.8 Å². The van der Waals surface area contributed by atoms with Gasteiger partial charge in [-0.3, -0.25) is 9.69 Å². The van der Waals surface area contributed by atoms with Crippen LogP contribution >= 0.6 is 15.9 Å². The zero-order valence-corrected chi connectivity index (χ0v) is 13.8. The Hall–Kier alpha value is -1.60. The van der Waals surface area contributed by atoms with Crippen LogP contribution in [0.3, 0.4) is 0 Å². The van der Waals surface area contributed by atoms with Gasteiger partial charge in [-0.2, -0.15) is 0 Å². The number of halogens is 1. The van der Waals surface area contributed by atoms with Crippen LogP contribution in [0.15, 0.2) is 27.2 Å². The zero-order chi connectivity index (χ0) is 15.7. The van der Waals surface area contributed by atoms with E-state index >= 15 is 0 Å². The Morgan fingerprint density at radius 2 is 2.32 bits per heavy atom. The molecule has 0 aliphatic heterocycles. The molecule has 118 valence electrons. The van der Waals surface area contributed by atoms with Crippen LogP contribution < -0.4 is 5.32 Å². The van der Waals surface area contributed by atoms with E-state index in [4.69, 9.17) is 9.63 Å². The smallest absolute Gasteiger partial charge is 0.317 e.